The molecule has 2 rings (SSSR count). The van der Waals surface area contributed by atoms with E-state index in [1.165, 1.54) is 0 Å². The highest BCUT2D eigenvalue weighted by molar-refractivity contribution is 5.93. The number of anilines is 1. The van der Waals surface area contributed by atoms with E-state index < -0.39 is 0 Å². The van der Waals surface area contributed by atoms with E-state index in [1.54, 1.807) is 0 Å². The van der Waals surface area contributed by atoms with Crippen LogP contribution in [-0.4, -0.2) is 17.5 Å². The molecular weight excluding hydrogens is 276 g/mol. The lowest BCUT2D eigenvalue weighted by Gasteiger charge is -2.12. The van der Waals surface area contributed by atoms with Crippen molar-refractivity contribution in [2.45, 2.75) is 34.1 Å². The molecule has 1 N–H and O–H groups in total. The topological polar surface area (TPSA) is 51.2 Å². The highest BCUT2D eigenvalue weighted by Gasteiger charge is 2.10. The third-order valence-corrected chi connectivity index (χ3v) is 3.39. The third-order valence-electron chi connectivity index (χ3n) is 3.39. The monoisotopic (exact) mass is 298 g/mol. The molecule has 0 saturated carbocycles. The standard InChI is InChI=1S/C18H22N2O2/c1-5-22-16-8-6-15(7-9-16)11-17(21)20-18-12(2)10-13(3)19-14(18)4/h6-10H,5,11H2,1-4H3,(H,20,21). The van der Waals surface area contributed by atoms with Crippen molar-refractivity contribution in [3.8, 4) is 5.75 Å². The summed E-state index contributed by atoms with van der Waals surface area (Å²) in [7, 11) is 0. The van der Waals surface area contributed by atoms with Gasteiger partial charge in [-0.2, -0.15) is 0 Å². The number of ether oxygens (including phenoxy) is 1. The van der Waals surface area contributed by atoms with Gasteiger partial charge in [0.1, 0.15) is 5.75 Å². The number of carbonyl (C=O) groups is 1. The van der Waals surface area contributed by atoms with Gasteiger partial charge in [0, 0.05) is 5.69 Å². The van der Waals surface area contributed by atoms with Gasteiger partial charge in [0.25, 0.3) is 0 Å². The van der Waals surface area contributed by atoms with Gasteiger partial charge in [-0.1, -0.05) is 12.1 Å². The molecule has 1 amide bonds. The van der Waals surface area contributed by atoms with E-state index in [0.29, 0.717) is 13.0 Å². The molecule has 0 fully saturated rings. The van der Waals surface area contributed by atoms with Gasteiger partial charge in [-0.25, -0.2) is 0 Å². The Morgan fingerprint density at radius 2 is 1.86 bits per heavy atom. The zero-order valence-corrected chi connectivity index (χ0v) is 13.6. The molecule has 0 bridgehead atoms. The predicted octanol–water partition coefficient (Wildman–Crippen LogP) is 3.59. The molecule has 0 radical (unpaired) electrons. The Morgan fingerprint density at radius 1 is 1.18 bits per heavy atom. The number of hydrogen-bond donors (Lipinski definition) is 1. The number of aryl methyl sites for hydroxylation is 3. The Morgan fingerprint density at radius 3 is 2.45 bits per heavy atom. The first-order valence-electron chi connectivity index (χ1n) is 7.46. The minimum absolute atomic E-state index is 0.0407. The summed E-state index contributed by atoms with van der Waals surface area (Å²) in [6.07, 6.45) is 0.333. The fourth-order valence-corrected chi connectivity index (χ4v) is 2.45. The fourth-order valence-electron chi connectivity index (χ4n) is 2.45. The van der Waals surface area contributed by atoms with Crippen LogP contribution in [-0.2, 0) is 11.2 Å². The first-order chi connectivity index (χ1) is 10.5. The number of benzene rings is 1. The van der Waals surface area contributed by atoms with E-state index in [4.69, 9.17) is 4.74 Å². The van der Waals surface area contributed by atoms with Crippen LogP contribution in [0.1, 0.15) is 29.4 Å². The van der Waals surface area contributed by atoms with Crippen LogP contribution in [0.3, 0.4) is 0 Å². The van der Waals surface area contributed by atoms with Crippen molar-refractivity contribution in [2.75, 3.05) is 11.9 Å². The Hall–Kier alpha value is -2.36. The summed E-state index contributed by atoms with van der Waals surface area (Å²) in [6, 6.07) is 9.57. The summed E-state index contributed by atoms with van der Waals surface area (Å²) >= 11 is 0. The molecule has 22 heavy (non-hydrogen) atoms. The van der Waals surface area contributed by atoms with E-state index >= 15 is 0 Å². The van der Waals surface area contributed by atoms with Gasteiger partial charge in [0.2, 0.25) is 5.91 Å². The fraction of sp³-hybridized carbons (Fsp3) is 0.333. The molecule has 0 spiro atoms. The number of nitrogens with zero attached hydrogens (tertiary/aromatic N) is 1. The Kier molecular flexibility index (Phi) is 5.15. The maximum absolute atomic E-state index is 12.2. The average molecular weight is 298 g/mol. The predicted molar refractivity (Wildman–Crippen MR) is 88.4 cm³/mol. The van der Waals surface area contributed by atoms with E-state index in [2.05, 4.69) is 10.3 Å². The number of rotatable bonds is 5. The van der Waals surface area contributed by atoms with Gasteiger partial charge in [-0.05, 0) is 57.0 Å². The Balaban J connectivity index is 2.04. The lowest BCUT2D eigenvalue weighted by molar-refractivity contribution is -0.115. The first kappa shape index (κ1) is 16.0. The summed E-state index contributed by atoms with van der Waals surface area (Å²) in [5.41, 5.74) is 4.60. The number of aromatic nitrogens is 1. The van der Waals surface area contributed by atoms with Crippen LogP contribution < -0.4 is 10.1 Å². The van der Waals surface area contributed by atoms with Gasteiger partial charge < -0.3 is 10.1 Å². The minimum atomic E-state index is -0.0407. The van der Waals surface area contributed by atoms with Crippen molar-refractivity contribution in [3.63, 3.8) is 0 Å². The van der Waals surface area contributed by atoms with Crippen molar-refractivity contribution in [2.24, 2.45) is 0 Å². The molecule has 0 saturated heterocycles. The van der Waals surface area contributed by atoms with Gasteiger partial charge in [0.15, 0.2) is 0 Å². The Labute approximate surface area is 131 Å². The first-order valence-corrected chi connectivity index (χ1v) is 7.46. The molecule has 2 aromatic rings. The number of nitrogens with one attached hydrogen (secondary N) is 1. The average Bonchev–Trinajstić information content (AvgIpc) is 2.45. The minimum Gasteiger partial charge on any atom is -0.494 e. The quantitative estimate of drug-likeness (QED) is 0.917. The normalized spacial score (nSPS) is 10.4. The van der Waals surface area contributed by atoms with E-state index in [0.717, 1.165) is 34.0 Å². The zero-order chi connectivity index (χ0) is 16.1. The molecule has 1 aromatic heterocycles. The lowest BCUT2D eigenvalue weighted by atomic mass is 10.1. The van der Waals surface area contributed by atoms with Crippen molar-refractivity contribution in [1.29, 1.82) is 0 Å². The molecule has 4 heteroatoms. The third kappa shape index (κ3) is 4.07. The second kappa shape index (κ2) is 7.07. The molecule has 4 nitrogen and oxygen atoms in total. The molecule has 0 aliphatic heterocycles. The van der Waals surface area contributed by atoms with Crippen LogP contribution in [0.5, 0.6) is 5.75 Å². The van der Waals surface area contributed by atoms with Gasteiger partial charge in [0.05, 0.1) is 24.4 Å². The smallest absolute Gasteiger partial charge is 0.228 e. The SMILES string of the molecule is CCOc1ccc(CC(=O)Nc2c(C)cc(C)nc2C)cc1. The molecule has 1 heterocycles. The van der Waals surface area contributed by atoms with E-state index in [1.807, 2.05) is 58.0 Å². The van der Waals surface area contributed by atoms with Crippen molar-refractivity contribution < 1.29 is 9.53 Å². The van der Waals surface area contributed by atoms with E-state index in [9.17, 15) is 4.79 Å². The van der Waals surface area contributed by atoms with Crippen LogP contribution in [0.25, 0.3) is 0 Å². The summed E-state index contributed by atoms with van der Waals surface area (Å²) in [4.78, 5) is 16.6. The van der Waals surface area contributed by atoms with Gasteiger partial charge >= 0.3 is 0 Å². The van der Waals surface area contributed by atoms with Crippen molar-refractivity contribution in [3.05, 3.63) is 52.8 Å². The van der Waals surface area contributed by atoms with Crippen LogP contribution in [0.2, 0.25) is 0 Å². The van der Waals surface area contributed by atoms with Crippen molar-refractivity contribution in [1.82, 2.24) is 4.98 Å². The van der Waals surface area contributed by atoms with Crippen LogP contribution in [0.15, 0.2) is 30.3 Å². The molecule has 0 unspecified atom stereocenters. The summed E-state index contributed by atoms with van der Waals surface area (Å²) in [5, 5.41) is 2.96. The van der Waals surface area contributed by atoms with Crippen molar-refractivity contribution >= 4 is 11.6 Å². The largest absolute Gasteiger partial charge is 0.494 e. The molecule has 116 valence electrons. The number of carbonyl (C=O) groups excluding carboxylic acids is 1. The molecular formula is C18H22N2O2. The highest BCUT2D eigenvalue weighted by atomic mass is 16.5. The van der Waals surface area contributed by atoms with Crippen LogP contribution in [0, 0.1) is 20.8 Å². The zero-order valence-electron chi connectivity index (χ0n) is 13.6. The van der Waals surface area contributed by atoms with E-state index in [-0.39, 0.29) is 5.91 Å². The lowest BCUT2D eigenvalue weighted by Crippen LogP contribution is -2.16. The van der Waals surface area contributed by atoms with Crippen LogP contribution >= 0.6 is 0 Å². The maximum atomic E-state index is 12.2. The summed E-state index contributed by atoms with van der Waals surface area (Å²) in [5.74, 6) is 0.780. The second-order valence-electron chi connectivity index (χ2n) is 5.34. The number of amides is 1. The molecule has 0 atom stereocenters. The second-order valence-corrected chi connectivity index (χ2v) is 5.34. The summed E-state index contributed by atoms with van der Waals surface area (Å²) < 4.78 is 5.40. The molecule has 0 aliphatic rings. The number of pyridine rings is 1. The molecule has 0 aliphatic carbocycles. The Bertz CT molecular complexity index is 640. The summed E-state index contributed by atoms with van der Waals surface area (Å²) in [6.45, 7) is 8.42. The molecule has 1 aromatic carbocycles. The van der Waals surface area contributed by atoms with Gasteiger partial charge in [-0.3, -0.25) is 9.78 Å². The van der Waals surface area contributed by atoms with Crippen LogP contribution in [0.4, 0.5) is 5.69 Å². The highest BCUT2D eigenvalue weighted by Crippen LogP contribution is 2.20. The van der Waals surface area contributed by atoms with Gasteiger partial charge in [-0.15, -0.1) is 0 Å². The number of hydrogen-bond acceptors (Lipinski definition) is 3. The maximum Gasteiger partial charge on any atom is 0.228 e.